The van der Waals surface area contributed by atoms with Crippen molar-refractivity contribution < 1.29 is 14.3 Å². The quantitative estimate of drug-likeness (QED) is 0.678. The van der Waals surface area contributed by atoms with Crippen LogP contribution in [0.1, 0.15) is 12.0 Å². The predicted octanol–water partition coefficient (Wildman–Crippen LogP) is 3.11. The van der Waals surface area contributed by atoms with Gasteiger partial charge >= 0.3 is 0 Å². The van der Waals surface area contributed by atoms with Gasteiger partial charge in [-0.1, -0.05) is 18.2 Å². The van der Waals surface area contributed by atoms with Gasteiger partial charge in [0.2, 0.25) is 5.28 Å². The van der Waals surface area contributed by atoms with Crippen LogP contribution in [0.2, 0.25) is 5.28 Å². The molecule has 1 atom stereocenters. The van der Waals surface area contributed by atoms with Crippen LogP contribution in [0, 0.1) is 5.82 Å². The van der Waals surface area contributed by atoms with E-state index < -0.39 is 11.4 Å². The monoisotopic (exact) mass is 404 g/mol. The molecule has 138 valence electrons. The summed E-state index contributed by atoms with van der Waals surface area (Å²) in [7, 11) is 1.67. The lowest BCUT2D eigenvalue weighted by Crippen LogP contribution is -2.36. The number of aliphatic hydroxyl groups is 1. The van der Waals surface area contributed by atoms with E-state index in [1.807, 2.05) is 6.07 Å². The molecule has 1 aliphatic heterocycles. The Labute approximate surface area is 163 Å². The molecular weight excluding hydrogens is 391 g/mol. The molecule has 3 aromatic rings. The summed E-state index contributed by atoms with van der Waals surface area (Å²) < 4.78 is 14.0. The molecular formula is C18H14ClFN4O2S. The Balaban J connectivity index is 1.71. The van der Waals surface area contributed by atoms with Gasteiger partial charge in [-0.3, -0.25) is 4.79 Å². The van der Waals surface area contributed by atoms with Crippen molar-refractivity contribution in [3.05, 3.63) is 52.5 Å². The highest BCUT2D eigenvalue weighted by atomic mass is 35.5. The fraction of sp³-hybridized carbons (Fsp3) is 0.222. The number of likely N-dealkylation sites (tertiary alicyclic amines) is 1. The van der Waals surface area contributed by atoms with Crippen LogP contribution in [-0.4, -0.2) is 44.5 Å². The fourth-order valence-electron chi connectivity index (χ4n) is 3.07. The number of nitrogens with zero attached hydrogens (tertiary/aromatic N) is 4. The number of amides is 1. The van der Waals surface area contributed by atoms with Crippen molar-refractivity contribution in [1.82, 2.24) is 19.9 Å². The number of carbonyl (C=O) groups excluding carboxylic acids is 1. The third-order valence-corrected chi connectivity index (χ3v) is 5.63. The minimum absolute atomic E-state index is 0.0277. The maximum absolute atomic E-state index is 14.0. The maximum Gasteiger partial charge on any atom is 0.258 e. The molecule has 27 heavy (non-hydrogen) atoms. The summed E-state index contributed by atoms with van der Waals surface area (Å²) >= 11 is 7.05. The molecule has 1 amide bonds. The first kappa shape index (κ1) is 18.0. The molecule has 0 bridgehead atoms. The number of halogens is 2. The van der Waals surface area contributed by atoms with E-state index in [1.54, 1.807) is 30.6 Å². The van der Waals surface area contributed by atoms with Gasteiger partial charge in [0.25, 0.3) is 5.91 Å². The number of hydrogen-bond acceptors (Lipinski definition) is 6. The van der Waals surface area contributed by atoms with E-state index in [9.17, 15) is 14.3 Å². The zero-order valence-electron chi connectivity index (χ0n) is 14.2. The Morgan fingerprint density at radius 3 is 2.93 bits per heavy atom. The number of thiazole rings is 1. The molecule has 4 rings (SSSR count). The highest BCUT2D eigenvalue weighted by Crippen LogP contribution is 2.36. The number of benzene rings is 1. The Hall–Kier alpha value is -2.42. The van der Waals surface area contributed by atoms with E-state index in [4.69, 9.17) is 11.6 Å². The van der Waals surface area contributed by atoms with Crippen molar-refractivity contribution in [2.45, 2.75) is 12.0 Å². The standard InChI is InChI=1S/C18H14ClFN4O2S/c1-24-6-5-18(26,16(24)25)11-4-2-3-10(7-11)15-22-13(9-27-15)14-12(20)8-21-17(19)23-14/h2-4,7-9,26H,5-6H2,1H3. The lowest BCUT2D eigenvalue weighted by atomic mass is 9.91. The van der Waals surface area contributed by atoms with E-state index in [0.717, 1.165) is 11.8 Å². The van der Waals surface area contributed by atoms with Crippen LogP contribution in [0.5, 0.6) is 0 Å². The number of carbonyl (C=O) groups is 1. The van der Waals surface area contributed by atoms with Crippen LogP contribution in [0.25, 0.3) is 22.0 Å². The highest BCUT2D eigenvalue weighted by molar-refractivity contribution is 7.13. The molecule has 1 aromatic carbocycles. The molecule has 6 nitrogen and oxygen atoms in total. The Bertz CT molecular complexity index is 1040. The van der Waals surface area contributed by atoms with Gasteiger partial charge in [0.15, 0.2) is 11.4 Å². The highest BCUT2D eigenvalue weighted by Gasteiger charge is 2.45. The van der Waals surface area contributed by atoms with Crippen molar-refractivity contribution in [2.24, 2.45) is 0 Å². The van der Waals surface area contributed by atoms with E-state index in [2.05, 4.69) is 15.0 Å². The van der Waals surface area contributed by atoms with Crippen molar-refractivity contribution in [2.75, 3.05) is 13.6 Å². The fourth-order valence-corrected chi connectivity index (χ4v) is 4.01. The molecule has 1 fully saturated rings. The zero-order valence-corrected chi connectivity index (χ0v) is 15.8. The van der Waals surface area contributed by atoms with Gasteiger partial charge in [0.1, 0.15) is 16.4 Å². The summed E-state index contributed by atoms with van der Waals surface area (Å²) in [5, 5.41) is 13.1. The van der Waals surface area contributed by atoms with Gasteiger partial charge in [-0.15, -0.1) is 11.3 Å². The summed E-state index contributed by atoms with van der Waals surface area (Å²) in [6.45, 7) is 0.495. The second-order valence-corrected chi connectivity index (χ2v) is 7.49. The third kappa shape index (κ3) is 3.09. The summed E-state index contributed by atoms with van der Waals surface area (Å²) in [4.78, 5) is 25.8. The van der Waals surface area contributed by atoms with Gasteiger partial charge < -0.3 is 10.0 Å². The second-order valence-electron chi connectivity index (χ2n) is 6.29. The van der Waals surface area contributed by atoms with Gasteiger partial charge in [-0.25, -0.2) is 19.3 Å². The summed E-state index contributed by atoms with van der Waals surface area (Å²) in [6.07, 6.45) is 1.33. The molecule has 1 unspecified atom stereocenters. The van der Waals surface area contributed by atoms with E-state index >= 15 is 0 Å². The van der Waals surface area contributed by atoms with Crippen LogP contribution in [0.15, 0.2) is 35.8 Å². The molecule has 1 saturated heterocycles. The molecule has 9 heteroatoms. The van der Waals surface area contributed by atoms with Gasteiger partial charge in [0.05, 0.1) is 6.20 Å². The lowest BCUT2D eigenvalue weighted by molar-refractivity contribution is -0.143. The average Bonchev–Trinajstić information content (AvgIpc) is 3.26. The third-order valence-electron chi connectivity index (χ3n) is 4.56. The topological polar surface area (TPSA) is 79.2 Å². The first-order chi connectivity index (χ1) is 12.9. The largest absolute Gasteiger partial charge is 0.375 e. The summed E-state index contributed by atoms with van der Waals surface area (Å²) in [5.41, 5.74) is 0.0804. The lowest BCUT2D eigenvalue weighted by Gasteiger charge is -2.21. The average molecular weight is 405 g/mol. The number of hydrogen-bond donors (Lipinski definition) is 1. The number of rotatable bonds is 3. The molecule has 0 aliphatic carbocycles. The van der Waals surface area contributed by atoms with Gasteiger partial charge in [-0.2, -0.15) is 0 Å². The Morgan fingerprint density at radius 2 is 2.19 bits per heavy atom. The van der Waals surface area contributed by atoms with Crippen LogP contribution >= 0.6 is 22.9 Å². The summed E-state index contributed by atoms with van der Waals surface area (Å²) in [5.74, 6) is -0.934. The van der Waals surface area contributed by atoms with Crippen molar-refractivity contribution >= 4 is 28.8 Å². The zero-order chi connectivity index (χ0) is 19.2. The molecule has 2 aromatic heterocycles. The Morgan fingerprint density at radius 1 is 1.37 bits per heavy atom. The van der Waals surface area contributed by atoms with Crippen LogP contribution in [0.3, 0.4) is 0 Å². The maximum atomic E-state index is 14.0. The second kappa shape index (κ2) is 6.63. The first-order valence-electron chi connectivity index (χ1n) is 8.11. The van der Waals surface area contributed by atoms with Crippen molar-refractivity contribution in [3.8, 4) is 22.0 Å². The molecule has 0 spiro atoms. The molecule has 0 saturated carbocycles. The SMILES string of the molecule is CN1CCC(O)(c2cccc(-c3nc(-c4nc(Cl)ncc4F)cs3)c2)C1=O. The molecule has 0 radical (unpaired) electrons. The number of aromatic nitrogens is 3. The predicted molar refractivity (Wildman–Crippen MR) is 99.7 cm³/mol. The van der Waals surface area contributed by atoms with Crippen LogP contribution in [-0.2, 0) is 10.4 Å². The van der Waals surface area contributed by atoms with Gasteiger partial charge in [0, 0.05) is 31.0 Å². The van der Waals surface area contributed by atoms with E-state index in [-0.39, 0.29) is 16.9 Å². The van der Waals surface area contributed by atoms with E-state index in [1.165, 1.54) is 16.2 Å². The summed E-state index contributed by atoms with van der Waals surface area (Å²) in [6, 6.07) is 7.04. The minimum Gasteiger partial charge on any atom is -0.375 e. The van der Waals surface area contributed by atoms with Crippen molar-refractivity contribution in [1.29, 1.82) is 0 Å². The number of likely N-dealkylation sites (N-methyl/N-ethyl adjacent to an activating group) is 1. The first-order valence-corrected chi connectivity index (χ1v) is 9.37. The normalized spacial score (nSPS) is 19.7. The van der Waals surface area contributed by atoms with E-state index in [0.29, 0.717) is 29.2 Å². The molecule has 1 aliphatic rings. The smallest absolute Gasteiger partial charge is 0.258 e. The minimum atomic E-state index is -1.53. The Kier molecular flexibility index (Phi) is 4.41. The molecule has 3 heterocycles. The molecule has 1 N–H and O–H groups in total. The van der Waals surface area contributed by atoms with Gasteiger partial charge in [-0.05, 0) is 23.2 Å². The van der Waals surface area contributed by atoms with Crippen LogP contribution in [0.4, 0.5) is 4.39 Å². The van der Waals surface area contributed by atoms with Crippen molar-refractivity contribution in [3.63, 3.8) is 0 Å². The van der Waals surface area contributed by atoms with Crippen LogP contribution < -0.4 is 0 Å².